The van der Waals surface area contributed by atoms with Crippen molar-refractivity contribution in [2.45, 2.75) is 52.4 Å². The van der Waals surface area contributed by atoms with Crippen LogP contribution in [0.5, 0.6) is 0 Å². The summed E-state index contributed by atoms with van der Waals surface area (Å²) in [6.45, 7) is 13.3. The van der Waals surface area contributed by atoms with Crippen molar-refractivity contribution >= 4 is 96.6 Å². The van der Waals surface area contributed by atoms with E-state index >= 15 is 0 Å². The normalized spacial score (nSPS) is 13.4. The summed E-state index contributed by atoms with van der Waals surface area (Å²) in [4.78, 5) is 7.25. The second-order valence-corrected chi connectivity index (χ2v) is 18.2. The van der Waals surface area contributed by atoms with Crippen molar-refractivity contribution in [1.82, 2.24) is 0 Å². The number of hydrogen-bond acceptors (Lipinski definition) is 5. The smallest absolute Gasteiger partial charge is 0.342 e. The van der Waals surface area contributed by atoms with E-state index in [1.807, 2.05) is 0 Å². The summed E-state index contributed by atoms with van der Waals surface area (Å²) in [5, 5.41) is 2.12. The molecule has 5 nitrogen and oxygen atoms in total. The average Bonchev–Trinajstić information content (AvgIpc) is 3.83. The Hall–Kier alpha value is -6.92. The Balaban J connectivity index is 1.28. The third-order valence-corrected chi connectivity index (χ3v) is 12.3. The van der Waals surface area contributed by atoms with Crippen LogP contribution in [0.3, 0.4) is 0 Å². The quantitative estimate of drug-likeness (QED) is 0.163. The van der Waals surface area contributed by atoms with Crippen LogP contribution >= 0.6 is 0 Å². The van der Waals surface area contributed by atoms with Gasteiger partial charge in [-0.05, 0) is 112 Å². The van der Waals surface area contributed by atoms with Gasteiger partial charge in [-0.3, -0.25) is 0 Å². The van der Waals surface area contributed by atoms with Gasteiger partial charge in [0.2, 0.25) is 0 Å². The van der Waals surface area contributed by atoms with E-state index in [0.717, 1.165) is 89.9 Å². The van der Waals surface area contributed by atoms with Crippen molar-refractivity contribution in [1.29, 1.82) is 0 Å². The van der Waals surface area contributed by atoms with Gasteiger partial charge >= 0.3 is 6.71 Å². The lowest BCUT2D eigenvalue weighted by molar-refractivity contribution is 0.590. The van der Waals surface area contributed by atoms with Crippen molar-refractivity contribution in [3.8, 4) is 0 Å². The molecule has 60 heavy (non-hydrogen) atoms. The lowest BCUT2D eigenvalue weighted by atomic mass is 9.37. The van der Waals surface area contributed by atoms with Gasteiger partial charge in [0.1, 0.15) is 22.5 Å². The minimum atomic E-state index is -0.314. The molecule has 11 rings (SSSR count). The van der Waals surface area contributed by atoms with E-state index in [4.69, 9.17) is 8.83 Å². The highest BCUT2D eigenvalue weighted by atomic mass is 16.3. The molecule has 0 atom stereocenters. The predicted molar refractivity (Wildman–Crippen MR) is 252 cm³/mol. The fourth-order valence-electron chi connectivity index (χ4n) is 9.34. The zero-order valence-electron chi connectivity index (χ0n) is 34.9. The number of rotatable bonds is 5. The van der Waals surface area contributed by atoms with Crippen LogP contribution in [0.15, 0.2) is 179 Å². The van der Waals surface area contributed by atoms with Gasteiger partial charge in [0.25, 0.3) is 0 Å². The molecular weight excluding hydrogens is 733 g/mol. The first-order chi connectivity index (χ1) is 29.0. The van der Waals surface area contributed by atoms with Crippen molar-refractivity contribution in [3.05, 3.63) is 181 Å². The number of benzene rings is 7. The van der Waals surface area contributed by atoms with Crippen LogP contribution in [-0.4, -0.2) is 6.71 Å². The largest absolute Gasteiger partial charge is 0.468 e. The summed E-state index contributed by atoms with van der Waals surface area (Å²) in [5.41, 5.74) is 16.7. The van der Waals surface area contributed by atoms with Gasteiger partial charge in [-0.25, -0.2) is 0 Å². The van der Waals surface area contributed by atoms with Gasteiger partial charge in [0.05, 0.1) is 17.1 Å². The molecule has 0 unspecified atom stereocenters. The summed E-state index contributed by atoms with van der Waals surface area (Å²) in [6.07, 6.45) is 0. The maximum absolute atomic E-state index is 7.10. The molecule has 0 amide bonds. The molecule has 0 N–H and O–H groups in total. The molecule has 2 aliphatic rings. The molecule has 7 aromatic carbocycles. The molecule has 2 aliphatic heterocycles. The predicted octanol–water partition coefficient (Wildman–Crippen LogP) is 13.3. The molecule has 0 fully saturated rings. The van der Waals surface area contributed by atoms with Crippen LogP contribution < -0.4 is 31.5 Å². The first-order valence-electron chi connectivity index (χ1n) is 21.0. The zero-order chi connectivity index (χ0) is 40.9. The van der Waals surface area contributed by atoms with Crippen LogP contribution in [-0.2, 0) is 10.8 Å². The topological polar surface area (TPSA) is 36.0 Å². The van der Waals surface area contributed by atoms with Crippen molar-refractivity contribution in [2.24, 2.45) is 0 Å². The molecule has 292 valence electrons. The minimum Gasteiger partial charge on any atom is -0.468 e. The van der Waals surface area contributed by atoms with Crippen molar-refractivity contribution in [3.63, 3.8) is 0 Å². The van der Waals surface area contributed by atoms with Gasteiger partial charge in [-0.15, -0.1) is 0 Å². The SMILES string of the molecule is CC(C)(C)c1ccc(N2c3cc(N(c4ccccc4)c4ccccc4)cc4c3B(c3oc5ccccc5c32)c2oc3ccccc3c2N4c2ccc(C(C)(C)C)cc2)cc1. The standard InChI is InChI=1S/C54H46BN3O2/c1-53(2,3)35-25-29-39(30-26-35)57-44-33-41(56(37-17-9-7-10-18-37)38-19-11-8-12-20-38)34-45-48(44)55(51-49(57)42-21-13-15-23-46(42)59-51)52-50(43-22-14-16-24-47(43)60-52)58(45)40-31-27-36(28-32-40)54(4,5)6/h7-34H,1-6H3. The van der Waals surface area contributed by atoms with Gasteiger partial charge in [-0.2, -0.15) is 0 Å². The van der Waals surface area contributed by atoms with E-state index in [2.05, 4.69) is 226 Å². The highest BCUT2D eigenvalue weighted by Crippen LogP contribution is 2.51. The number of para-hydroxylation sites is 4. The maximum atomic E-state index is 7.10. The number of hydrogen-bond donors (Lipinski definition) is 0. The van der Waals surface area contributed by atoms with Crippen LogP contribution in [0.4, 0.5) is 51.2 Å². The van der Waals surface area contributed by atoms with E-state index in [-0.39, 0.29) is 17.5 Å². The minimum absolute atomic E-state index is 0.00467. The Labute approximate surface area is 352 Å². The zero-order valence-corrected chi connectivity index (χ0v) is 34.9. The highest BCUT2D eigenvalue weighted by molar-refractivity contribution is 6.99. The number of fused-ring (bicyclic) bond motifs is 8. The second-order valence-electron chi connectivity index (χ2n) is 18.2. The number of anilines is 9. The van der Waals surface area contributed by atoms with Gasteiger partial charge < -0.3 is 23.5 Å². The van der Waals surface area contributed by atoms with E-state index in [9.17, 15) is 0 Å². The summed E-state index contributed by atoms with van der Waals surface area (Å²) < 4.78 is 14.2. The summed E-state index contributed by atoms with van der Waals surface area (Å²) in [6, 6.07) is 61.2. The Kier molecular flexibility index (Phi) is 8.02. The van der Waals surface area contributed by atoms with Crippen molar-refractivity contribution in [2.75, 3.05) is 14.7 Å². The molecule has 4 heterocycles. The third-order valence-electron chi connectivity index (χ3n) is 12.3. The summed E-state index contributed by atoms with van der Waals surface area (Å²) >= 11 is 0. The first-order valence-corrected chi connectivity index (χ1v) is 21.0. The number of nitrogens with zero attached hydrogens (tertiary/aromatic N) is 3. The summed E-state index contributed by atoms with van der Waals surface area (Å²) in [5.74, 6) is 0. The van der Waals surface area contributed by atoms with Crippen LogP contribution in [0, 0.1) is 0 Å². The van der Waals surface area contributed by atoms with Gasteiger partial charge in [0, 0.05) is 44.9 Å². The molecule has 0 radical (unpaired) electrons. The molecule has 9 aromatic rings. The highest BCUT2D eigenvalue weighted by Gasteiger charge is 2.50. The van der Waals surface area contributed by atoms with Crippen molar-refractivity contribution < 1.29 is 8.83 Å². The lowest BCUT2D eigenvalue weighted by Crippen LogP contribution is -2.60. The van der Waals surface area contributed by atoms with Crippen LogP contribution in [0.25, 0.3) is 21.9 Å². The fourth-order valence-corrected chi connectivity index (χ4v) is 9.34. The van der Waals surface area contributed by atoms with Crippen LogP contribution in [0.2, 0.25) is 0 Å². The third kappa shape index (κ3) is 5.61. The average molecular weight is 780 g/mol. The van der Waals surface area contributed by atoms with E-state index in [1.165, 1.54) is 11.1 Å². The maximum Gasteiger partial charge on any atom is 0.342 e. The molecule has 2 aromatic heterocycles. The molecule has 0 saturated heterocycles. The van der Waals surface area contributed by atoms with E-state index < -0.39 is 0 Å². The molecule has 0 aliphatic carbocycles. The molecule has 6 heteroatoms. The Bertz CT molecular complexity index is 2860. The van der Waals surface area contributed by atoms with Crippen LogP contribution in [0.1, 0.15) is 52.7 Å². The fraction of sp³-hybridized carbons (Fsp3) is 0.148. The van der Waals surface area contributed by atoms with E-state index in [0.29, 0.717) is 0 Å². The molecule has 0 bridgehead atoms. The van der Waals surface area contributed by atoms with Gasteiger partial charge in [0.15, 0.2) is 0 Å². The Morgan fingerprint density at radius 3 is 1.22 bits per heavy atom. The Morgan fingerprint density at radius 1 is 0.433 bits per heavy atom. The molecule has 0 spiro atoms. The van der Waals surface area contributed by atoms with E-state index in [1.54, 1.807) is 0 Å². The Morgan fingerprint density at radius 2 is 0.817 bits per heavy atom. The molecular formula is C54H46BN3O2. The van der Waals surface area contributed by atoms with Gasteiger partial charge in [-0.1, -0.05) is 126 Å². The first kappa shape index (κ1) is 36.2. The number of furan rings is 2. The monoisotopic (exact) mass is 779 g/mol. The lowest BCUT2D eigenvalue weighted by Gasteiger charge is -2.42. The second kappa shape index (κ2) is 13.3. The summed E-state index contributed by atoms with van der Waals surface area (Å²) in [7, 11) is 0. The molecule has 0 saturated carbocycles.